The molecule has 3 aromatic rings. The van der Waals surface area contributed by atoms with E-state index in [1.165, 1.54) is 12.8 Å². The fourth-order valence-electron chi connectivity index (χ4n) is 3.47. The average Bonchev–Trinajstić information content (AvgIpc) is 3.27. The molecule has 1 N–H and O–H groups in total. The fraction of sp³-hybridized carbons (Fsp3) is 0.261. The third-order valence-corrected chi connectivity index (χ3v) is 4.97. The van der Waals surface area contributed by atoms with E-state index in [-0.39, 0.29) is 5.91 Å². The van der Waals surface area contributed by atoms with Crippen molar-refractivity contribution >= 4 is 11.9 Å². The van der Waals surface area contributed by atoms with Crippen molar-refractivity contribution in [2.24, 2.45) is 0 Å². The summed E-state index contributed by atoms with van der Waals surface area (Å²) in [4.78, 5) is 24.0. The summed E-state index contributed by atoms with van der Waals surface area (Å²) in [7, 11) is 0. The summed E-state index contributed by atoms with van der Waals surface area (Å²) in [5.74, 6) is 0.308. The van der Waals surface area contributed by atoms with Gasteiger partial charge in [0.2, 0.25) is 11.9 Å². The molecule has 0 aliphatic carbocycles. The third kappa shape index (κ3) is 4.61. The maximum Gasteiger partial charge on any atom is 0.230 e. The van der Waals surface area contributed by atoms with Gasteiger partial charge in [0.25, 0.3) is 0 Å². The van der Waals surface area contributed by atoms with Crippen LogP contribution in [0.1, 0.15) is 19.3 Å². The van der Waals surface area contributed by atoms with Crippen LogP contribution in [0.2, 0.25) is 0 Å². The number of hydrogen-bond acceptors (Lipinski definition) is 4. The van der Waals surface area contributed by atoms with Gasteiger partial charge in [-0.05, 0) is 32.0 Å². The summed E-state index contributed by atoms with van der Waals surface area (Å²) < 4.78 is 0. The van der Waals surface area contributed by atoms with Gasteiger partial charge in [0.15, 0.2) is 0 Å². The van der Waals surface area contributed by atoms with Crippen LogP contribution in [0.15, 0.2) is 66.7 Å². The van der Waals surface area contributed by atoms with Gasteiger partial charge in [-0.25, -0.2) is 9.97 Å². The lowest BCUT2D eigenvalue weighted by Gasteiger charge is -2.14. The summed E-state index contributed by atoms with van der Waals surface area (Å²) >= 11 is 0. The zero-order chi connectivity index (χ0) is 19.2. The van der Waals surface area contributed by atoms with Crippen molar-refractivity contribution in [3.63, 3.8) is 0 Å². The summed E-state index contributed by atoms with van der Waals surface area (Å²) in [6, 6.07) is 21.9. The van der Waals surface area contributed by atoms with Crippen molar-refractivity contribution in [1.29, 1.82) is 0 Å². The average molecular weight is 372 g/mol. The highest BCUT2D eigenvalue weighted by Crippen LogP contribution is 2.25. The SMILES string of the molecule is O=C(CCN1CCCC1)Nc1nc(-c2ccccc2)cc(-c2ccccc2)n1. The first kappa shape index (κ1) is 18.3. The molecule has 1 fully saturated rings. The van der Waals surface area contributed by atoms with Crippen LogP contribution in [0, 0.1) is 0 Å². The zero-order valence-electron chi connectivity index (χ0n) is 15.8. The number of nitrogens with one attached hydrogen (secondary N) is 1. The number of likely N-dealkylation sites (tertiary alicyclic amines) is 1. The molecule has 0 spiro atoms. The molecule has 0 saturated carbocycles. The van der Waals surface area contributed by atoms with E-state index in [0.29, 0.717) is 12.4 Å². The Bertz CT molecular complexity index is 864. The van der Waals surface area contributed by atoms with E-state index in [1.807, 2.05) is 66.7 Å². The predicted molar refractivity (Wildman–Crippen MR) is 112 cm³/mol. The molecule has 0 bridgehead atoms. The second-order valence-electron chi connectivity index (χ2n) is 7.04. The Hall–Kier alpha value is -3.05. The lowest BCUT2D eigenvalue weighted by Crippen LogP contribution is -2.25. The van der Waals surface area contributed by atoms with Crippen LogP contribution in [0.25, 0.3) is 22.5 Å². The smallest absolute Gasteiger partial charge is 0.230 e. The number of rotatable bonds is 6. The van der Waals surface area contributed by atoms with Crippen molar-refractivity contribution < 1.29 is 4.79 Å². The van der Waals surface area contributed by atoms with Gasteiger partial charge >= 0.3 is 0 Å². The van der Waals surface area contributed by atoms with E-state index >= 15 is 0 Å². The van der Waals surface area contributed by atoms with Crippen LogP contribution >= 0.6 is 0 Å². The fourth-order valence-corrected chi connectivity index (χ4v) is 3.47. The molecule has 1 aliphatic rings. The van der Waals surface area contributed by atoms with E-state index in [2.05, 4.69) is 20.2 Å². The standard InChI is InChI=1S/C23H24N4O/c28-22(13-16-27-14-7-8-15-27)26-23-24-20(18-9-3-1-4-10-18)17-21(25-23)19-11-5-2-6-12-19/h1-6,9-12,17H,7-8,13-16H2,(H,24,25,26,28). The topological polar surface area (TPSA) is 58.1 Å². The lowest BCUT2D eigenvalue weighted by atomic mass is 10.1. The summed E-state index contributed by atoms with van der Waals surface area (Å²) in [6.45, 7) is 2.96. The van der Waals surface area contributed by atoms with Gasteiger partial charge in [-0.3, -0.25) is 10.1 Å². The Kier molecular flexibility index (Phi) is 5.73. The highest BCUT2D eigenvalue weighted by atomic mass is 16.1. The number of carbonyl (C=O) groups is 1. The van der Waals surface area contributed by atoms with Crippen molar-refractivity contribution in [2.45, 2.75) is 19.3 Å². The minimum absolute atomic E-state index is 0.0453. The molecule has 142 valence electrons. The number of benzene rings is 2. The van der Waals surface area contributed by atoms with Crippen LogP contribution in [0.3, 0.4) is 0 Å². The molecule has 1 amide bonds. The monoisotopic (exact) mass is 372 g/mol. The molecule has 1 aromatic heterocycles. The summed E-state index contributed by atoms with van der Waals surface area (Å²) in [5.41, 5.74) is 3.58. The van der Waals surface area contributed by atoms with E-state index in [4.69, 9.17) is 0 Å². The quantitative estimate of drug-likeness (QED) is 0.703. The lowest BCUT2D eigenvalue weighted by molar-refractivity contribution is -0.116. The molecular formula is C23H24N4O. The Morgan fingerprint density at radius 2 is 1.39 bits per heavy atom. The van der Waals surface area contributed by atoms with Crippen molar-refractivity contribution in [3.05, 3.63) is 66.7 Å². The van der Waals surface area contributed by atoms with Gasteiger partial charge in [-0.15, -0.1) is 0 Å². The first-order valence-corrected chi connectivity index (χ1v) is 9.80. The van der Waals surface area contributed by atoms with Gasteiger partial charge in [0.1, 0.15) is 0 Å². The number of aromatic nitrogens is 2. The molecule has 28 heavy (non-hydrogen) atoms. The van der Waals surface area contributed by atoms with E-state index in [9.17, 15) is 4.79 Å². The van der Waals surface area contributed by atoms with E-state index in [0.717, 1.165) is 42.1 Å². The van der Waals surface area contributed by atoms with Crippen LogP contribution in [0.5, 0.6) is 0 Å². The highest BCUT2D eigenvalue weighted by Gasteiger charge is 2.14. The molecular weight excluding hydrogens is 348 g/mol. The van der Waals surface area contributed by atoms with Gasteiger partial charge < -0.3 is 4.90 Å². The van der Waals surface area contributed by atoms with Gasteiger partial charge in [-0.1, -0.05) is 60.7 Å². The van der Waals surface area contributed by atoms with Gasteiger partial charge in [0, 0.05) is 24.1 Å². The molecule has 1 saturated heterocycles. The molecule has 2 heterocycles. The number of carbonyl (C=O) groups excluding carboxylic acids is 1. The number of nitrogens with zero attached hydrogens (tertiary/aromatic N) is 3. The van der Waals surface area contributed by atoms with Crippen LogP contribution in [-0.2, 0) is 4.79 Å². The normalized spacial score (nSPS) is 14.1. The first-order chi connectivity index (χ1) is 13.8. The minimum atomic E-state index is -0.0453. The molecule has 5 heteroatoms. The number of hydrogen-bond donors (Lipinski definition) is 1. The zero-order valence-corrected chi connectivity index (χ0v) is 15.8. The van der Waals surface area contributed by atoms with Crippen molar-refractivity contribution in [2.75, 3.05) is 25.0 Å². The third-order valence-electron chi connectivity index (χ3n) is 4.97. The second-order valence-corrected chi connectivity index (χ2v) is 7.04. The molecule has 5 nitrogen and oxygen atoms in total. The maximum atomic E-state index is 12.4. The first-order valence-electron chi connectivity index (χ1n) is 9.80. The van der Waals surface area contributed by atoms with Crippen LogP contribution < -0.4 is 5.32 Å². The summed E-state index contributed by atoms with van der Waals surface area (Å²) in [6.07, 6.45) is 2.91. The van der Waals surface area contributed by atoms with Crippen molar-refractivity contribution in [3.8, 4) is 22.5 Å². The largest absolute Gasteiger partial charge is 0.303 e. The Morgan fingerprint density at radius 1 is 0.857 bits per heavy atom. The van der Waals surface area contributed by atoms with E-state index < -0.39 is 0 Å². The van der Waals surface area contributed by atoms with Crippen molar-refractivity contribution in [1.82, 2.24) is 14.9 Å². The van der Waals surface area contributed by atoms with Crippen LogP contribution in [0.4, 0.5) is 5.95 Å². The predicted octanol–water partition coefficient (Wildman–Crippen LogP) is 4.24. The molecule has 1 aliphatic heterocycles. The number of anilines is 1. The molecule has 0 radical (unpaired) electrons. The van der Waals surface area contributed by atoms with Gasteiger partial charge in [-0.2, -0.15) is 0 Å². The van der Waals surface area contributed by atoms with Crippen LogP contribution in [-0.4, -0.2) is 40.4 Å². The minimum Gasteiger partial charge on any atom is -0.303 e. The van der Waals surface area contributed by atoms with Gasteiger partial charge in [0.05, 0.1) is 11.4 Å². The molecule has 2 aromatic carbocycles. The summed E-state index contributed by atoms with van der Waals surface area (Å²) in [5, 5.41) is 2.90. The molecule has 0 unspecified atom stereocenters. The maximum absolute atomic E-state index is 12.4. The molecule has 0 atom stereocenters. The molecule has 4 rings (SSSR count). The van der Waals surface area contributed by atoms with E-state index in [1.54, 1.807) is 0 Å². The highest BCUT2D eigenvalue weighted by molar-refractivity contribution is 5.89. The Labute approximate surface area is 165 Å². The Balaban J connectivity index is 1.57. The number of amides is 1. The Morgan fingerprint density at radius 3 is 1.93 bits per heavy atom. The second kappa shape index (κ2) is 8.76.